The van der Waals surface area contributed by atoms with Gasteiger partial charge in [0.15, 0.2) is 5.78 Å². The fourth-order valence-electron chi connectivity index (χ4n) is 3.18. The van der Waals surface area contributed by atoms with Crippen molar-refractivity contribution < 1.29 is 9.90 Å². The molecule has 0 unspecified atom stereocenters. The number of carbonyl (C=O) groups excluding carboxylic acids is 1. The van der Waals surface area contributed by atoms with Crippen LogP contribution in [0.1, 0.15) is 37.8 Å². The molecule has 0 aliphatic heterocycles. The Bertz CT molecular complexity index is 755. The third-order valence-electron chi connectivity index (χ3n) is 4.35. The summed E-state index contributed by atoms with van der Waals surface area (Å²) in [7, 11) is 0. The van der Waals surface area contributed by atoms with Crippen molar-refractivity contribution in [2.24, 2.45) is 5.41 Å². The molecule has 0 aromatic heterocycles. The van der Waals surface area contributed by atoms with Gasteiger partial charge in [0.05, 0.1) is 5.57 Å². The van der Waals surface area contributed by atoms with Gasteiger partial charge in [-0.1, -0.05) is 74.5 Å². The third kappa shape index (κ3) is 3.48. The minimum atomic E-state index is -0.182. The summed E-state index contributed by atoms with van der Waals surface area (Å²) in [4.78, 5) is 12.6. The molecule has 2 nitrogen and oxygen atoms in total. The second kappa shape index (κ2) is 6.48. The highest BCUT2D eigenvalue weighted by molar-refractivity contribution is 6.02. The highest BCUT2D eigenvalue weighted by Crippen LogP contribution is 2.37. The number of aliphatic hydroxyl groups is 1. The monoisotopic (exact) mass is 318 g/mol. The van der Waals surface area contributed by atoms with Crippen molar-refractivity contribution in [1.29, 1.82) is 0 Å². The lowest BCUT2D eigenvalue weighted by Crippen LogP contribution is -2.25. The summed E-state index contributed by atoms with van der Waals surface area (Å²) in [5, 5.41) is 10.4. The van der Waals surface area contributed by atoms with Gasteiger partial charge in [0.25, 0.3) is 0 Å². The molecule has 0 fully saturated rings. The maximum atomic E-state index is 12.6. The summed E-state index contributed by atoms with van der Waals surface area (Å²) in [5.74, 6) is 0.203. The molecule has 0 bridgehead atoms. The van der Waals surface area contributed by atoms with Crippen LogP contribution in [-0.2, 0) is 4.79 Å². The molecule has 122 valence electrons. The second-order valence-corrected chi connectivity index (χ2v) is 7.09. The van der Waals surface area contributed by atoms with Gasteiger partial charge in [-0.25, -0.2) is 0 Å². The quantitative estimate of drug-likeness (QED) is 0.831. The van der Waals surface area contributed by atoms with E-state index < -0.39 is 0 Å². The van der Waals surface area contributed by atoms with Crippen LogP contribution in [0.3, 0.4) is 0 Å². The zero-order valence-electron chi connectivity index (χ0n) is 14.1. The highest BCUT2D eigenvalue weighted by Gasteiger charge is 2.32. The van der Waals surface area contributed by atoms with Crippen molar-refractivity contribution >= 4 is 11.4 Å². The van der Waals surface area contributed by atoms with E-state index in [2.05, 4.69) is 0 Å². The number of hydrogen-bond acceptors (Lipinski definition) is 2. The van der Waals surface area contributed by atoms with E-state index in [4.69, 9.17) is 0 Å². The lowest BCUT2D eigenvalue weighted by Gasteiger charge is -2.29. The van der Waals surface area contributed by atoms with Crippen LogP contribution < -0.4 is 0 Å². The number of allylic oxidation sites excluding steroid dienone is 3. The Morgan fingerprint density at radius 2 is 1.42 bits per heavy atom. The lowest BCUT2D eigenvalue weighted by atomic mass is 9.76. The van der Waals surface area contributed by atoms with E-state index >= 15 is 0 Å². The molecule has 24 heavy (non-hydrogen) atoms. The Morgan fingerprint density at radius 3 is 1.88 bits per heavy atom. The predicted molar refractivity (Wildman–Crippen MR) is 97.6 cm³/mol. The SMILES string of the molecule is CC1(C)CC(=O)C(C=C(c2ccccc2)c2ccccc2)=C(O)C1. The molecular formula is C22H22O2. The van der Waals surface area contributed by atoms with Crippen LogP contribution in [0.15, 0.2) is 78.1 Å². The minimum absolute atomic E-state index is 0.00751. The second-order valence-electron chi connectivity index (χ2n) is 7.09. The van der Waals surface area contributed by atoms with Gasteiger partial charge in [0, 0.05) is 12.8 Å². The average Bonchev–Trinajstić information content (AvgIpc) is 2.55. The Morgan fingerprint density at radius 1 is 0.917 bits per heavy atom. The number of carbonyl (C=O) groups is 1. The molecule has 0 radical (unpaired) electrons. The van der Waals surface area contributed by atoms with Crippen LogP contribution in [0.25, 0.3) is 5.57 Å². The number of Topliss-reactive ketones (excluding diaryl/α,β-unsaturated/α-hetero) is 1. The summed E-state index contributed by atoms with van der Waals surface area (Å²) in [6.07, 6.45) is 2.83. The first-order chi connectivity index (χ1) is 11.5. The lowest BCUT2D eigenvalue weighted by molar-refractivity contribution is -0.118. The van der Waals surface area contributed by atoms with E-state index in [1.165, 1.54) is 0 Å². The first kappa shape index (κ1) is 16.3. The molecule has 1 N–H and O–H groups in total. The molecule has 2 aromatic carbocycles. The van der Waals surface area contributed by atoms with Crippen LogP contribution in [0.2, 0.25) is 0 Å². The van der Waals surface area contributed by atoms with E-state index in [0.29, 0.717) is 18.4 Å². The van der Waals surface area contributed by atoms with E-state index in [0.717, 1.165) is 16.7 Å². The number of benzene rings is 2. The van der Waals surface area contributed by atoms with Gasteiger partial charge in [-0.3, -0.25) is 4.79 Å². The third-order valence-corrected chi connectivity index (χ3v) is 4.35. The highest BCUT2D eigenvalue weighted by atomic mass is 16.3. The van der Waals surface area contributed by atoms with Crippen molar-refractivity contribution in [3.63, 3.8) is 0 Å². The summed E-state index contributed by atoms with van der Waals surface area (Å²) < 4.78 is 0. The van der Waals surface area contributed by atoms with Crippen LogP contribution in [0, 0.1) is 5.41 Å². The molecule has 3 rings (SSSR count). The maximum absolute atomic E-state index is 12.6. The summed E-state index contributed by atoms with van der Waals surface area (Å²) in [5.41, 5.74) is 3.27. The van der Waals surface area contributed by atoms with E-state index in [9.17, 15) is 9.90 Å². The Balaban J connectivity index is 2.13. The Hall–Kier alpha value is -2.61. The van der Waals surface area contributed by atoms with Crippen LogP contribution in [0.5, 0.6) is 0 Å². The van der Waals surface area contributed by atoms with Crippen molar-refractivity contribution in [2.75, 3.05) is 0 Å². The fraction of sp³-hybridized carbons (Fsp3) is 0.227. The summed E-state index contributed by atoms with van der Waals surface area (Å²) >= 11 is 0. The number of ketones is 1. The number of hydrogen-bond donors (Lipinski definition) is 1. The summed E-state index contributed by atoms with van der Waals surface area (Å²) in [6, 6.07) is 19.9. The molecule has 0 heterocycles. The van der Waals surface area contributed by atoms with Crippen LogP contribution >= 0.6 is 0 Å². The van der Waals surface area contributed by atoms with Gasteiger partial charge < -0.3 is 5.11 Å². The zero-order valence-corrected chi connectivity index (χ0v) is 14.1. The van der Waals surface area contributed by atoms with Gasteiger partial charge in [0.2, 0.25) is 0 Å². The van der Waals surface area contributed by atoms with Crippen molar-refractivity contribution in [3.05, 3.63) is 89.2 Å². The van der Waals surface area contributed by atoms with Crippen LogP contribution in [-0.4, -0.2) is 10.9 Å². The molecule has 0 spiro atoms. The van der Waals surface area contributed by atoms with E-state index in [1.54, 1.807) is 0 Å². The first-order valence-electron chi connectivity index (χ1n) is 8.24. The predicted octanol–water partition coefficient (Wildman–Crippen LogP) is 5.32. The van der Waals surface area contributed by atoms with Crippen molar-refractivity contribution in [3.8, 4) is 0 Å². The van der Waals surface area contributed by atoms with Gasteiger partial charge in [-0.05, 0) is 28.2 Å². The normalized spacial score (nSPS) is 16.8. The van der Waals surface area contributed by atoms with E-state index in [1.807, 2.05) is 80.6 Å². The largest absolute Gasteiger partial charge is 0.512 e. The van der Waals surface area contributed by atoms with Crippen molar-refractivity contribution in [1.82, 2.24) is 0 Å². The topological polar surface area (TPSA) is 37.3 Å². The molecule has 0 saturated carbocycles. The average molecular weight is 318 g/mol. The fourth-order valence-corrected chi connectivity index (χ4v) is 3.18. The molecule has 2 heteroatoms. The standard InChI is InChI=1S/C22H22O2/c1-22(2)14-20(23)19(21(24)15-22)13-18(16-9-5-3-6-10-16)17-11-7-4-8-12-17/h3-13,23H,14-15H2,1-2H3. The van der Waals surface area contributed by atoms with Crippen molar-refractivity contribution in [2.45, 2.75) is 26.7 Å². The molecule has 0 saturated heterocycles. The van der Waals surface area contributed by atoms with Gasteiger partial charge in [-0.2, -0.15) is 0 Å². The Labute approximate surface area is 143 Å². The molecular weight excluding hydrogens is 296 g/mol. The van der Waals surface area contributed by atoms with Gasteiger partial charge in [-0.15, -0.1) is 0 Å². The zero-order chi connectivity index (χ0) is 17.2. The smallest absolute Gasteiger partial charge is 0.166 e. The molecule has 0 amide bonds. The number of aliphatic hydroxyl groups excluding tert-OH is 1. The maximum Gasteiger partial charge on any atom is 0.166 e. The van der Waals surface area contributed by atoms with Gasteiger partial charge in [0.1, 0.15) is 5.76 Å². The number of rotatable bonds is 3. The van der Waals surface area contributed by atoms with Crippen LogP contribution in [0.4, 0.5) is 0 Å². The van der Waals surface area contributed by atoms with Gasteiger partial charge >= 0.3 is 0 Å². The minimum Gasteiger partial charge on any atom is -0.512 e. The molecule has 0 atom stereocenters. The van der Waals surface area contributed by atoms with E-state index in [-0.39, 0.29) is 17.0 Å². The Kier molecular flexibility index (Phi) is 4.39. The molecule has 2 aromatic rings. The molecule has 1 aliphatic rings. The first-order valence-corrected chi connectivity index (χ1v) is 8.24. The molecule has 1 aliphatic carbocycles. The summed E-state index contributed by atoms with van der Waals surface area (Å²) in [6.45, 7) is 4.02.